The predicted octanol–water partition coefficient (Wildman–Crippen LogP) is 4.39. The molecule has 1 atom stereocenters. The number of aliphatic hydroxyl groups excluding tert-OH is 1. The summed E-state index contributed by atoms with van der Waals surface area (Å²) in [4.78, 5) is 4.37. The quantitative estimate of drug-likeness (QED) is 0.899. The first-order valence-corrected chi connectivity index (χ1v) is 7.20. The Hall–Kier alpha value is -0.900. The Kier molecular flexibility index (Phi) is 4.61. The molecule has 100 valence electrons. The molecule has 0 aliphatic rings. The number of hydrogen-bond donors (Lipinski definition) is 1. The van der Waals surface area contributed by atoms with E-state index in [4.69, 9.17) is 11.6 Å². The van der Waals surface area contributed by atoms with Gasteiger partial charge in [0.05, 0.1) is 6.10 Å². The van der Waals surface area contributed by atoms with E-state index in [9.17, 15) is 5.11 Å². The summed E-state index contributed by atoms with van der Waals surface area (Å²) in [7, 11) is 0. The van der Waals surface area contributed by atoms with Crippen molar-refractivity contribution < 1.29 is 5.11 Å². The minimum atomic E-state index is -0.591. The van der Waals surface area contributed by atoms with Gasteiger partial charge in [-0.3, -0.25) is 4.98 Å². The van der Waals surface area contributed by atoms with Gasteiger partial charge in [-0.15, -0.1) is 0 Å². The molecule has 0 bridgehead atoms. The molecule has 2 nitrogen and oxygen atoms in total. The second-order valence-electron chi connectivity index (χ2n) is 4.58. The van der Waals surface area contributed by atoms with Crippen molar-refractivity contribution in [1.29, 1.82) is 0 Å². The lowest BCUT2D eigenvalue weighted by Crippen LogP contribution is -2.06. The van der Waals surface area contributed by atoms with E-state index in [-0.39, 0.29) is 0 Å². The topological polar surface area (TPSA) is 33.1 Å². The van der Waals surface area contributed by atoms with Crippen LogP contribution in [0, 0.1) is 13.8 Å². The van der Waals surface area contributed by atoms with Crippen LogP contribution in [0.5, 0.6) is 0 Å². The van der Waals surface area contributed by atoms with Crippen LogP contribution < -0.4 is 0 Å². The largest absolute Gasteiger partial charge is 0.388 e. The SMILES string of the molecule is Cc1ccc(C(O)Cc2ccc(Br)cc2Cl)c(C)n1. The number of pyridine rings is 1. The summed E-state index contributed by atoms with van der Waals surface area (Å²) >= 11 is 9.54. The highest BCUT2D eigenvalue weighted by Crippen LogP contribution is 2.27. The molecule has 1 unspecified atom stereocenters. The van der Waals surface area contributed by atoms with Gasteiger partial charge in [0.1, 0.15) is 0 Å². The Morgan fingerprint density at radius 3 is 2.63 bits per heavy atom. The number of nitrogens with zero attached hydrogens (tertiary/aromatic N) is 1. The Bertz CT molecular complexity index is 601. The molecule has 0 amide bonds. The van der Waals surface area contributed by atoms with Gasteiger partial charge in [0.2, 0.25) is 0 Å². The molecule has 1 N–H and O–H groups in total. The maximum atomic E-state index is 10.3. The molecule has 4 heteroatoms. The Morgan fingerprint density at radius 2 is 2.00 bits per heavy atom. The molecule has 1 heterocycles. The summed E-state index contributed by atoms with van der Waals surface area (Å²) in [6.07, 6.45) is -0.107. The molecule has 0 fully saturated rings. The zero-order chi connectivity index (χ0) is 14.0. The van der Waals surface area contributed by atoms with Gasteiger partial charge in [0, 0.05) is 32.9 Å². The van der Waals surface area contributed by atoms with E-state index in [1.165, 1.54) is 0 Å². The third kappa shape index (κ3) is 3.56. The van der Waals surface area contributed by atoms with E-state index >= 15 is 0 Å². The molecule has 0 spiro atoms. The zero-order valence-electron chi connectivity index (χ0n) is 10.8. The number of hydrogen-bond acceptors (Lipinski definition) is 2. The second kappa shape index (κ2) is 6.04. The van der Waals surface area contributed by atoms with Crippen molar-refractivity contribution in [3.05, 3.63) is 62.3 Å². The number of rotatable bonds is 3. The van der Waals surface area contributed by atoms with Crippen LogP contribution in [0.4, 0.5) is 0 Å². The minimum absolute atomic E-state index is 0.484. The zero-order valence-corrected chi connectivity index (χ0v) is 13.2. The second-order valence-corrected chi connectivity index (χ2v) is 5.91. The van der Waals surface area contributed by atoms with Crippen molar-refractivity contribution in [2.75, 3.05) is 0 Å². The normalized spacial score (nSPS) is 12.5. The van der Waals surface area contributed by atoms with E-state index in [1.807, 2.05) is 44.2 Å². The van der Waals surface area contributed by atoms with Gasteiger partial charge in [0.15, 0.2) is 0 Å². The summed E-state index contributed by atoms with van der Waals surface area (Å²) < 4.78 is 0.934. The molecule has 0 radical (unpaired) electrons. The van der Waals surface area contributed by atoms with E-state index in [0.29, 0.717) is 11.4 Å². The molecule has 19 heavy (non-hydrogen) atoms. The van der Waals surface area contributed by atoms with E-state index in [1.54, 1.807) is 0 Å². The van der Waals surface area contributed by atoms with Crippen LogP contribution in [-0.4, -0.2) is 10.1 Å². The van der Waals surface area contributed by atoms with Gasteiger partial charge in [-0.05, 0) is 37.6 Å². The Balaban J connectivity index is 2.23. The molecule has 0 saturated carbocycles. The smallest absolute Gasteiger partial charge is 0.0848 e. The first-order valence-electron chi connectivity index (χ1n) is 6.03. The molecule has 0 aliphatic carbocycles. The number of aryl methyl sites for hydroxylation is 2. The van der Waals surface area contributed by atoms with Gasteiger partial charge in [0.25, 0.3) is 0 Å². The van der Waals surface area contributed by atoms with Crippen LogP contribution in [0.1, 0.15) is 28.6 Å². The Morgan fingerprint density at radius 1 is 1.26 bits per heavy atom. The summed E-state index contributed by atoms with van der Waals surface area (Å²) in [5.41, 5.74) is 3.60. The number of halogens is 2. The average molecular weight is 341 g/mol. The lowest BCUT2D eigenvalue weighted by molar-refractivity contribution is 0.177. The van der Waals surface area contributed by atoms with Crippen molar-refractivity contribution in [2.45, 2.75) is 26.4 Å². The molecule has 1 aromatic carbocycles. The van der Waals surface area contributed by atoms with Crippen molar-refractivity contribution in [1.82, 2.24) is 4.98 Å². The maximum absolute atomic E-state index is 10.3. The van der Waals surface area contributed by atoms with Crippen LogP contribution in [0.25, 0.3) is 0 Å². The van der Waals surface area contributed by atoms with Gasteiger partial charge in [-0.1, -0.05) is 39.7 Å². The molecule has 1 aromatic heterocycles. The van der Waals surface area contributed by atoms with E-state index < -0.39 is 6.10 Å². The summed E-state index contributed by atoms with van der Waals surface area (Å²) in [5, 5.41) is 11.0. The van der Waals surface area contributed by atoms with Crippen LogP contribution in [0.3, 0.4) is 0 Å². The van der Waals surface area contributed by atoms with Crippen LogP contribution in [0.2, 0.25) is 5.02 Å². The first kappa shape index (κ1) is 14.5. The highest BCUT2D eigenvalue weighted by atomic mass is 79.9. The summed E-state index contributed by atoms with van der Waals surface area (Å²) in [5.74, 6) is 0. The maximum Gasteiger partial charge on any atom is 0.0848 e. The lowest BCUT2D eigenvalue weighted by atomic mass is 10.00. The molecular formula is C15H15BrClNO. The van der Waals surface area contributed by atoms with Gasteiger partial charge in [-0.2, -0.15) is 0 Å². The van der Waals surface area contributed by atoms with Gasteiger partial charge < -0.3 is 5.11 Å². The molecule has 0 saturated heterocycles. The molecule has 2 aromatic rings. The third-order valence-electron chi connectivity index (χ3n) is 3.05. The third-order valence-corrected chi connectivity index (χ3v) is 3.90. The summed E-state index contributed by atoms with van der Waals surface area (Å²) in [6, 6.07) is 9.52. The van der Waals surface area contributed by atoms with E-state index in [0.717, 1.165) is 27.0 Å². The Labute approximate surface area is 126 Å². The van der Waals surface area contributed by atoms with Crippen molar-refractivity contribution >= 4 is 27.5 Å². The fourth-order valence-electron chi connectivity index (χ4n) is 2.06. The number of aromatic nitrogens is 1. The first-order chi connectivity index (χ1) is 8.97. The van der Waals surface area contributed by atoms with Crippen molar-refractivity contribution in [3.63, 3.8) is 0 Å². The minimum Gasteiger partial charge on any atom is -0.388 e. The van der Waals surface area contributed by atoms with Gasteiger partial charge >= 0.3 is 0 Å². The summed E-state index contributed by atoms with van der Waals surface area (Å²) in [6.45, 7) is 3.85. The average Bonchev–Trinajstić information content (AvgIpc) is 2.32. The molecule has 0 aliphatic heterocycles. The fourth-order valence-corrected chi connectivity index (χ4v) is 2.81. The number of benzene rings is 1. The molecule has 2 rings (SSSR count). The lowest BCUT2D eigenvalue weighted by Gasteiger charge is -2.14. The molecular weight excluding hydrogens is 326 g/mol. The van der Waals surface area contributed by atoms with Crippen molar-refractivity contribution in [2.24, 2.45) is 0 Å². The van der Waals surface area contributed by atoms with Crippen molar-refractivity contribution in [3.8, 4) is 0 Å². The van der Waals surface area contributed by atoms with Crippen LogP contribution in [0.15, 0.2) is 34.8 Å². The monoisotopic (exact) mass is 339 g/mol. The van der Waals surface area contributed by atoms with Crippen LogP contribution in [-0.2, 0) is 6.42 Å². The highest BCUT2D eigenvalue weighted by Gasteiger charge is 2.14. The number of aliphatic hydroxyl groups is 1. The van der Waals surface area contributed by atoms with Gasteiger partial charge in [-0.25, -0.2) is 0 Å². The van der Waals surface area contributed by atoms with Crippen LogP contribution >= 0.6 is 27.5 Å². The standard InChI is InChI=1S/C15H15BrClNO/c1-9-3-6-13(10(2)18-9)15(19)7-11-4-5-12(16)8-14(11)17/h3-6,8,15,19H,7H2,1-2H3. The van der Waals surface area contributed by atoms with E-state index in [2.05, 4.69) is 20.9 Å². The predicted molar refractivity (Wildman–Crippen MR) is 81.5 cm³/mol. The fraction of sp³-hybridized carbons (Fsp3) is 0.267. The highest BCUT2D eigenvalue weighted by molar-refractivity contribution is 9.10.